The van der Waals surface area contributed by atoms with Gasteiger partial charge in [-0.3, -0.25) is 9.59 Å². The molecular weight excluding hydrogens is 406 g/mol. The highest BCUT2D eigenvalue weighted by Crippen LogP contribution is 2.32. The molecule has 30 heavy (non-hydrogen) atoms. The summed E-state index contributed by atoms with van der Waals surface area (Å²) in [5.41, 5.74) is 6.77. The molecule has 2 aromatic carbocycles. The minimum absolute atomic E-state index is 0.0197. The number of aliphatic hydroxyl groups excluding tert-OH is 1. The number of fused-ring (bicyclic) bond motifs is 1. The van der Waals surface area contributed by atoms with E-state index in [0.29, 0.717) is 21.5 Å². The Labute approximate surface area is 179 Å². The molecule has 158 valence electrons. The van der Waals surface area contributed by atoms with Crippen LogP contribution in [0.4, 0.5) is 0 Å². The van der Waals surface area contributed by atoms with Gasteiger partial charge in [-0.2, -0.15) is 5.10 Å². The lowest BCUT2D eigenvalue weighted by Gasteiger charge is -2.18. The maximum absolute atomic E-state index is 12.7. The highest BCUT2D eigenvalue weighted by molar-refractivity contribution is 6.31. The summed E-state index contributed by atoms with van der Waals surface area (Å²) in [6.45, 7) is 5.71. The van der Waals surface area contributed by atoms with Gasteiger partial charge in [0.25, 0.3) is 11.5 Å². The fourth-order valence-electron chi connectivity index (χ4n) is 3.23. The Morgan fingerprint density at radius 3 is 2.57 bits per heavy atom. The summed E-state index contributed by atoms with van der Waals surface area (Å²) in [5, 5.41) is 15.9. The smallest absolute Gasteiger partial charge is 0.274 e. The third-order valence-corrected chi connectivity index (χ3v) is 5.24. The lowest BCUT2D eigenvalue weighted by molar-refractivity contribution is 0.0865. The Morgan fingerprint density at radius 1 is 1.27 bits per heavy atom. The zero-order valence-corrected chi connectivity index (χ0v) is 17.8. The molecule has 3 N–H and O–H groups in total. The Morgan fingerprint density at radius 2 is 1.93 bits per heavy atom. The first-order chi connectivity index (χ1) is 14.2. The van der Waals surface area contributed by atoms with Gasteiger partial charge >= 0.3 is 0 Å². The van der Waals surface area contributed by atoms with Gasteiger partial charge in [0.1, 0.15) is 18.5 Å². The number of hydrogen-bond acceptors (Lipinski definition) is 5. The molecule has 8 heteroatoms. The maximum Gasteiger partial charge on any atom is 0.274 e. The van der Waals surface area contributed by atoms with Gasteiger partial charge in [-0.25, -0.2) is 4.68 Å². The molecule has 3 aromatic rings. The molecule has 0 saturated carbocycles. The second-order valence-electron chi connectivity index (χ2n) is 7.50. The Hall–Kier alpha value is -2.90. The van der Waals surface area contributed by atoms with E-state index in [2.05, 4.69) is 5.10 Å². The summed E-state index contributed by atoms with van der Waals surface area (Å²) < 4.78 is 6.88. The minimum Gasteiger partial charge on any atom is -0.491 e. The van der Waals surface area contributed by atoms with Crippen molar-refractivity contribution in [3.63, 3.8) is 0 Å². The van der Waals surface area contributed by atoms with E-state index in [9.17, 15) is 14.7 Å². The number of amides is 1. The summed E-state index contributed by atoms with van der Waals surface area (Å²) >= 11 is 6.22. The number of halogens is 1. The van der Waals surface area contributed by atoms with Gasteiger partial charge in [0.2, 0.25) is 0 Å². The highest BCUT2D eigenvalue weighted by Gasteiger charge is 2.18. The van der Waals surface area contributed by atoms with Crippen molar-refractivity contribution in [2.45, 2.75) is 39.3 Å². The molecule has 1 atom stereocenters. The highest BCUT2D eigenvalue weighted by atomic mass is 35.5. The van der Waals surface area contributed by atoms with Crippen LogP contribution in [0.3, 0.4) is 0 Å². The lowest BCUT2D eigenvalue weighted by Crippen LogP contribution is -2.34. The molecule has 1 aromatic heterocycles. The third-order valence-electron chi connectivity index (χ3n) is 4.83. The van der Waals surface area contributed by atoms with Crippen LogP contribution in [0, 0.1) is 6.92 Å². The number of aromatic nitrogens is 2. The molecular formula is C22H24ClN3O4. The second kappa shape index (κ2) is 8.85. The zero-order valence-electron chi connectivity index (χ0n) is 17.1. The molecule has 7 nitrogen and oxygen atoms in total. The maximum atomic E-state index is 12.7. The van der Waals surface area contributed by atoms with E-state index in [1.165, 1.54) is 0 Å². The lowest BCUT2D eigenvalue weighted by atomic mass is 10.0. The standard InChI is InChI=1S/C22H24ClN3O4/c1-12(2)17-9-18(23)13(3)8-19(17)30-11-14(27)10-26-22(29)16-7-5-4-6-15(16)20(25-26)21(24)28/h4-9,12,14,27H,10-11H2,1-3H3,(H2,24,28). The SMILES string of the molecule is Cc1cc(OCC(O)Cn2nc(C(N)=O)c3ccccc3c2=O)c(C(C)C)cc1Cl. The number of benzene rings is 2. The number of aliphatic hydroxyl groups is 1. The fourth-order valence-corrected chi connectivity index (χ4v) is 3.40. The van der Waals surface area contributed by atoms with Crippen molar-refractivity contribution >= 4 is 28.3 Å². The second-order valence-corrected chi connectivity index (χ2v) is 7.91. The van der Waals surface area contributed by atoms with Crippen LogP contribution in [-0.4, -0.2) is 33.5 Å². The molecule has 0 aliphatic rings. The number of nitrogens with zero attached hydrogens (tertiary/aromatic N) is 2. The summed E-state index contributed by atoms with van der Waals surface area (Å²) in [6.07, 6.45) is -1.03. The Bertz CT molecular complexity index is 1160. The van der Waals surface area contributed by atoms with E-state index in [1.54, 1.807) is 24.3 Å². The van der Waals surface area contributed by atoms with Gasteiger partial charge < -0.3 is 15.6 Å². The molecule has 0 aliphatic heterocycles. The van der Waals surface area contributed by atoms with E-state index in [-0.39, 0.29) is 24.8 Å². The summed E-state index contributed by atoms with van der Waals surface area (Å²) in [7, 11) is 0. The van der Waals surface area contributed by atoms with Crippen LogP contribution in [0.5, 0.6) is 5.75 Å². The number of nitrogens with two attached hydrogens (primary N) is 1. The van der Waals surface area contributed by atoms with Crippen LogP contribution in [-0.2, 0) is 6.54 Å². The summed E-state index contributed by atoms with van der Waals surface area (Å²) in [6, 6.07) is 10.3. The van der Waals surface area contributed by atoms with Gasteiger partial charge in [-0.05, 0) is 42.2 Å². The molecule has 1 unspecified atom stereocenters. The number of ether oxygens (including phenoxy) is 1. The molecule has 0 radical (unpaired) electrons. The molecule has 1 heterocycles. The Balaban J connectivity index is 1.84. The van der Waals surface area contributed by atoms with E-state index < -0.39 is 17.6 Å². The quantitative estimate of drug-likeness (QED) is 0.600. The minimum atomic E-state index is -1.03. The van der Waals surface area contributed by atoms with E-state index in [0.717, 1.165) is 15.8 Å². The van der Waals surface area contributed by atoms with Crippen LogP contribution in [0.1, 0.15) is 41.4 Å². The van der Waals surface area contributed by atoms with Gasteiger partial charge in [-0.1, -0.05) is 43.6 Å². The third kappa shape index (κ3) is 4.47. The van der Waals surface area contributed by atoms with E-state index >= 15 is 0 Å². The monoisotopic (exact) mass is 429 g/mol. The Kier molecular flexibility index (Phi) is 6.43. The first-order valence-corrected chi connectivity index (χ1v) is 9.97. The van der Waals surface area contributed by atoms with Crippen molar-refractivity contribution in [3.05, 3.63) is 68.6 Å². The topological polar surface area (TPSA) is 107 Å². The van der Waals surface area contributed by atoms with Crippen molar-refractivity contribution in [2.24, 2.45) is 5.73 Å². The number of hydrogen-bond donors (Lipinski definition) is 2. The van der Waals surface area contributed by atoms with Crippen molar-refractivity contribution in [1.82, 2.24) is 9.78 Å². The van der Waals surface area contributed by atoms with Crippen molar-refractivity contribution in [3.8, 4) is 5.75 Å². The average molecular weight is 430 g/mol. The first kappa shape index (κ1) is 21.8. The number of aryl methyl sites for hydroxylation is 1. The van der Waals surface area contributed by atoms with Crippen LogP contribution >= 0.6 is 11.6 Å². The van der Waals surface area contributed by atoms with Crippen LogP contribution in [0.15, 0.2) is 41.2 Å². The fraction of sp³-hybridized carbons (Fsp3) is 0.318. The van der Waals surface area contributed by atoms with Crippen molar-refractivity contribution < 1.29 is 14.6 Å². The summed E-state index contributed by atoms with van der Waals surface area (Å²) in [4.78, 5) is 24.5. The molecule has 0 fully saturated rings. The molecule has 0 saturated heterocycles. The number of rotatable bonds is 7. The van der Waals surface area contributed by atoms with E-state index in [1.807, 2.05) is 32.9 Å². The van der Waals surface area contributed by atoms with Crippen molar-refractivity contribution in [1.29, 1.82) is 0 Å². The molecule has 0 aliphatic carbocycles. The zero-order chi connectivity index (χ0) is 22.0. The molecule has 0 bridgehead atoms. The molecule has 3 rings (SSSR count). The predicted molar refractivity (Wildman–Crippen MR) is 116 cm³/mol. The van der Waals surface area contributed by atoms with E-state index in [4.69, 9.17) is 22.1 Å². The first-order valence-electron chi connectivity index (χ1n) is 9.59. The van der Waals surface area contributed by atoms with Crippen LogP contribution < -0.4 is 16.0 Å². The van der Waals surface area contributed by atoms with Gasteiger partial charge in [-0.15, -0.1) is 0 Å². The predicted octanol–water partition coefficient (Wildman–Crippen LogP) is 3.02. The van der Waals surface area contributed by atoms with Gasteiger partial charge in [0.05, 0.1) is 11.9 Å². The molecule has 0 spiro atoms. The van der Waals surface area contributed by atoms with Crippen LogP contribution in [0.2, 0.25) is 5.02 Å². The number of primary amides is 1. The van der Waals surface area contributed by atoms with Crippen molar-refractivity contribution in [2.75, 3.05) is 6.61 Å². The van der Waals surface area contributed by atoms with Gasteiger partial charge in [0, 0.05) is 10.4 Å². The average Bonchev–Trinajstić information content (AvgIpc) is 2.70. The summed E-state index contributed by atoms with van der Waals surface area (Å²) in [5.74, 6) is 0.0599. The molecule has 1 amide bonds. The number of carbonyl (C=O) groups excluding carboxylic acids is 1. The normalized spacial score (nSPS) is 12.3. The van der Waals surface area contributed by atoms with Gasteiger partial charge in [0.15, 0.2) is 5.69 Å². The van der Waals surface area contributed by atoms with Crippen LogP contribution in [0.25, 0.3) is 10.8 Å². The largest absolute Gasteiger partial charge is 0.491 e. The number of carbonyl (C=O) groups is 1.